The number of anilines is 1. The van der Waals surface area contributed by atoms with Crippen molar-refractivity contribution >= 4 is 28.2 Å². The van der Waals surface area contributed by atoms with Crippen LogP contribution in [0.25, 0.3) is 10.9 Å². The molecule has 1 aliphatic rings. The number of rotatable bonds is 3. The first kappa shape index (κ1) is 16.3. The Morgan fingerprint density at radius 1 is 1.31 bits per heavy atom. The molecule has 2 heterocycles. The van der Waals surface area contributed by atoms with Crippen LogP contribution < -0.4 is 4.90 Å². The van der Waals surface area contributed by atoms with Gasteiger partial charge in [0.25, 0.3) is 5.69 Å². The average molecular weight is 353 g/mol. The molecule has 0 atom stereocenters. The highest BCUT2D eigenvalue weighted by atomic mass is 19.1. The van der Waals surface area contributed by atoms with Crippen molar-refractivity contribution in [1.82, 2.24) is 4.98 Å². The quantitative estimate of drug-likeness (QED) is 0.576. The summed E-state index contributed by atoms with van der Waals surface area (Å²) in [6.07, 6.45) is 0.776. The second-order valence-corrected chi connectivity index (χ2v) is 6.46. The van der Waals surface area contributed by atoms with Crippen LogP contribution in [0.15, 0.2) is 36.4 Å². The average Bonchev–Trinajstić information content (AvgIpc) is 3.16. The first-order valence-electron chi connectivity index (χ1n) is 8.28. The lowest BCUT2D eigenvalue weighted by Crippen LogP contribution is -2.30. The van der Waals surface area contributed by atoms with Crippen LogP contribution in [0.4, 0.5) is 15.8 Å². The molecule has 0 radical (unpaired) electrons. The molecule has 7 heteroatoms. The van der Waals surface area contributed by atoms with E-state index in [0.717, 1.165) is 22.3 Å². The van der Waals surface area contributed by atoms with Gasteiger partial charge in [0.2, 0.25) is 5.91 Å². The highest BCUT2D eigenvalue weighted by Gasteiger charge is 2.27. The summed E-state index contributed by atoms with van der Waals surface area (Å²) in [5.41, 5.74) is 3.83. The van der Waals surface area contributed by atoms with Gasteiger partial charge in [0.1, 0.15) is 5.82 Å². The zero-order valence-electron chi connectivity index (χ0n) is 14.1. The van der Waals surface area contributed by atoms with E-state index in [2.05, 4.69) is 4.98 Å². The van der Waals surface area contributed by atoms with Crippen LogP contribution in [0.3, 0.4) is 0 Å². The minimum absolute atomic E-state index is 0.0335. The first-order chi connectivity index (χ1) is 12.4. The number of nitro groups is 1. The number of carbonyl (C=O) groups excluding carboxylic acids is 1. The number of halogens is 1. The van der Waals surface area contributed by atoms with Crippen molar-refractivity contribution in [3.63, 3.8) is 0 Å². The Labute approximate surface area is 148 Å². The number of hydrogen-bond acceptors (Lipinski definition) is 3. The van der Waals surface area contributed by atoms with Crippen LogP contribution in [0, 0.1) is 22.9 Å². The van der Waals surface area contributed by atoms with Crippen molar-refractivity contribution in [2.24, 2.45) is 0 Å². The SMILES string of the molecule is Cc1[nH]c2ccc(F)cc2c1CC(=O)N1CCc2ccc([N+](=O)[O-])cc21. The van der Waals surface area contributed by atoms with E-state index in [4.69, 9.17) is 0 Å². The minimum Gasteiger partial charge on any atom is -0.358 e. The van der Waals surface area contributed by atoms with Gasteiger partial charge in [-0.3, -0.25) is 14.9 Å². The van der Waals surface area contributed by atoms with Gasteiger partial charge in [-0.15, -0.1) is 0 Å². The Morgan fingerprint density at radius 3 is 2.88 bits per heavy atom. The largest absolute Gasteiger partial charge is 0.358 e. The molecule has 0 unspecified atom stereocenters. The number of aryl methyl sites for hydroxylation is 1. The summed E-state index contributed by atoms with van der Waals surface area (Å²) in [7, 11) is 0. The van der Waals surface area contributed by atoms with Crippen LogP contribution in [-0.4, -0.2) is 22.4 Å². The molecule has 1 amide bonds. The molecule has 0 spiro atoms. The Kier molecular flexibility index (Phi) is 3.72. The lowest BCUT2D eigenvalue weighted by Gasteiger charge is -2.17. The van der Waals surface area contributed by atoms with Gasteiger partial charge in [-0.05, 0) is 42.7 Å². The zero-order valence-corrected chi connectivity index (χ0v) is 14.1. The zero-order chi connectivity index (χ0) is 18.4. The topological polar surface area (TPSA) is 79.2 Å². The minimum atomic E-state index is -0.464. The highest BCUT2D eigenvalue weighted by Crippen LogP contribution is 2.33. The molecular weight excluding hydrogens is 337 g/mol. The van der Waals surface area contributed by atoms with Crippen LogP contribution >= 0.6 is 0 Å². The van der Waals surface area contributed by atoms with Crippen molar-refractivity contribution in [3.05, 3.63) is 69.2 Å². The number of nitrogens with zero attached hydrogens (tertiary/aromatic N) is 2. The van der Waals surface area contributed by atoms with Crippen molar-refractivity contribution < 1.29 is 14.1 Å². The van der Waals surface area contributed by atoms with Gasteiger partial charge in [-0.2, -0.15) is 0 Å². The molecule has 6 nitrogen and oxygen atoms in total. The summed E-state index contributed by atoms with van der Waals surface area (Å²) in [6.45, 7) is 2.34. The number of fused-ring (bicyclic) bond motifs is 2. The van der Waals surface area contributed by atoms with E-state index in [1.54, 1.807) is 17.0 Å². The van der Waals surface area contributed by atoms with E-state index in [1.807, 2.05) is 6.92 Å². The summed E-state index contributed by atoms with van der Waals surface area (Å²) in [4.78, 5) is 28.2. The summed E-state index contributed by atoms with van der Waals surface area (Å²) in [5, 5.41) is 11.7. The fourth-order valence-electron chi connectivity index (χ4n) is 3.57. The second-order valence-electron chi connectivity index (χ2n) is 6.46. The summed E-state index contributed by atoms with van der Waals surface area (Å²) in [5.74, 6) is -0.509. The fourth-order valence-corrected chi connectivity index (χ4v) is 3.57. The molecule has 4 rings (SSSR count). The van der Waals surface area contributed by atoms with Gasteiger partial charge < -0.3 is 9.88 Å². The van der Waals surface area contributed by atoms with Crippen LogP contribution in [-0.2, 0) is 17.6 Å². The van der Waals surface area contributed by atoms with Crippen molar-refractivity contribution in [3.8, 4) is 0 Å². The Bertz CT molecular complexity index is 1060. The maximum Gasteiger partial charge on any atom is 0.271 e. The molecular formula is C19H16FN3O3. The van der Waals surface area contributed by atoms with E-state index in [9.17, 15) is 19.3 Å². The van der Waals surface area contributed by atoms with Crippen LogP contribution in [0.2, 0.25) is 0 Å². The number of nitro benzene ring substituents is 1. The molecule has 1 N–H and O–H groups in total. The number of carbonyl (C=O) groups is 1. The highest BCUT2D eigenvalue weighted by molar-refractivity contribution is 5.99. The molecule has 0 aliphatic carbocycles. The van der Waals surface area contributed by atoms with Gasteiger partial charge >= 0.3 is 0 Å². The first-order valence-corrected chi connectivity index (χ1v) is 8.28. The van der Waals surface area contributed by atoms with Gasteiger partial charge in [-0.25, -0.2) is 4.39 Å². The molecule has 132 valence electrons. The number of benzene rings is 2. The smallest absolute Gasteiger partial charge is 0.271 e. The molecule has 2 aromatic carbocycles. The summed E-state index contributed by atoms with van der Waals surface area (Å²) < 4.78 is 13.6. The molecule has 3 aromatic rings. The van der Waals surface area contributed by atoms with Crippen molar-refractivity contribution in [1.29, 1.82) is 0 Å². The molecule has 1 aromatic heterocycles. The fraction of sp³-hybridized carbons (Fsp3) is 0.211. The molecule has 0 bridgehead atoms. The molecule has 1 aliphatic heterocycles. The van der Waals surface area contributed by atoms with Crippen molar-refractivity contribution in [2.45, 2.75) is 19.8 Å². The predicted octanol–water partition coefficient (Wildman–Crippen LogP) is 3.66. The number of aromatic amines is 1. The third kappa shape index (κ3) is 2.61. The lowest BCUT2D eigenvalue weighted by molar-refractivity contribution is -0.384. The Balaban J connectivity index is 1.67. The van der Waals surface area contributed by atoms with E-state index in [0.29, 0.717) is 24.0 Å². The number of amides is 1. The number of aromatic nitrogens is 1. The van der Waals surface area contributed by atoms with Crippen molar-refractivity contribution in [2.75, 3.05) is 11.4 Å². The van der Waals surface area contributed by atoms with E-state index in [1.165, 1.54) is 24.3 Å². The number of non-ortho nitro benzene ring substituents is 1. The maximum atomic E-state index is 13.6. The third-order valence-corrected chi connectivity index (χ3v) is 4.89. The summed E-state index contributed by atoms with van der Waals surface area (Å²) >= 11 is 0. The van der Waals surface area contributed by atoms with E-state index >= 15 is 0 Å². The molecule has 0 saturated carbocycles. The second kappa shape index (κ2) is 5.94. The molecule has 0 fully saturated rings. The maximum absolute atomic E-state index is 13.6. The van der Waals surface area contributed by atoms with Gasteiger partial charge in [0, 0.05) is 35.3 Å². The van der Waals surface area contributed by atoms with Crippen LogP contribution in [0.5, 0.6) is 0 Å². The Morgan fingerprint density at radius 2 is 2.12 bits per heavy atom. The number of nitrogens with one attached hydrogen (secondary N) is 1. The normalized spacial score (nSPS) is 13.2. The predicted molar refractivity (Wildman–Crippen MR) is 95.9 cm³/mol. The molecule has 26 heavy (non-hydrogen) atoms. The number of hydrogen-bond donors (Lipinski definition) is 1. The van der Waals surface area contributed by atoms with E-state index < -0.39 is 4.92 Å². The van der Waals surface area contributed by atoms with Crippen LogP contribution in [0.1, 0.15) is 16.8 Å². The lowest BCUT2D eigenvalue weighted by atomic mass is 10.1. The van der Waals surface area contributed by atoms with Gasteiger partial charge in [0.05, 0.1) is 17.0 Å². The number of H-pyrrole nitrogens is 1. The standard InChI is InChI=1S/C19H16FN3O3/c1-11-15(16-8-13(20)3-5-17(16)21-11)10-19(24)22-7-6-12-2-4-14(23(25)26)9-18(12)22/h2-5,8-9,21H,6-7,10H2,1H3. The van der Waals surface area contributed by atoms with Gasteiger partial charge in [0.15, 0.2) is 0 Å². The Hall–Kier alpha value is -3.22. The molecule has 0 saturated heterocycles. The van der Waals surface area contributed by atoms with E-state index in [-0.39, 0.29) is 23.8 Å². The third-order valence-electron chi connectivity index (χ3n) is 4.89. The van der Waals surface area contributed by atoms with Gasteiger partial charge in [-0.1, -0.05) is 6.07 Å². The summed E-state index contributed by atoms with van der Waals surface area (Å²) in [6, 6.07) is 9.05. The monoisotopic (exact) mass is 353 g/mol.